The topological polar surface area (TPSA) is 4.93 Å². The van der Waals surface area contributed by atoms with Crippen molar-refractivity contribution < 1.29 is 0 Å². The molecule has 1 heteroatoms. The van der Waals surface area contributed by atoms with Gasteiger partial charge in [-0.1, -0.05) is 121 Å². The Morgan fingerprint density at radius 2 is 0.902 bits per heavy atom. The Morgan fingerprint density at radius 3 is 1.73 bits per heavy atom. The van der Waals surface area contributed by atoms with Gasteiger partial charge in [0.15, 0.2) is 0 Å². The first kappa shape index (κ1) is 22.4. The molecule has 0 fully saturated rings. The van der Waals surface area contributed by atoms with Crippen molar-refractivity contribution in [1.82, 2.24) is 4.57 Å². The molecule has 7 aromatic carbocycles. The third-order valence-corrected chi connectivity index (χ3v) is 8.76. The minimum atomic E-state index is 1.18. The summed E-state index contributed by atoms with van der Waals surface area (Å²) < 4.78 is 2.37. The van der Waals surface area contributed by atoms with Crippen LogP contribution in [0.15, 0.2) is 152 Å². The molecule has 9 rings (SSSR count). The van der Waals surface area contributed by atoms with E-state index in [9.17, 15) is 0 Å². The van der Waals surface area contributed by atoms with Gasteiger partial charge in [-0.2, -0.15) is 0 Å². The standard InChI is InChI=1S/C40H25N/c1-2-9-29(10-3-1)41-38-16-7-6-13-33(38)37-25-28(21-24-39(37)41)26-17-19-27(20-18-26)30-22-23-36-32-12-5-4-11-31(32)35-15-8-14-34(30)40(35)36/h1-25H. The molecule has 41 heavy (non-hydrogen) atoms. The fourth-order valence-corrected chi connectivity index (χ4v) is 6.91. The van der Waals surface area contributed by atoms with Gasteiger partial charge in [-0.05, 0) is 85.6 Å². The Kier molecular flexibility index (Phi) is 4.67. The minimum absolute atomic E-state index is 1.18. The van der Waals surface area contributed by atoms with Crippen molar-refractivity contribution in [2.24, 2.45) is 0 Å². The highest BCUT2D eigenvalue weighted by Crippen LogP contribution is 2.49. The van der Waals surface area contributed by atoms with Crippen LogP contribution in [-0.4, -0.2) is 4.57 Å². The third-order valence-electron chi connectivity index (χ3n) is 8.76. The molecular weight excluding hydrogens is 494 g/mol. The van der Waals surface area contributed by atoms with E-state index in [0.717, 1.165) is 0 Å². The van der Waals surface area contributed by atoms with E-state index in [2.05, 4.69) is 156 Å². The predicted molar refractivity (Wildman–Crippen MR) is 174 cm³/mol. The van der Waals surface area contributed by atoms with Crippen LogP contribution in [0.4, 0.5) is 0 Å². The van der Waals surface area contributed by atoms with E-state index in [1.54, 1.807) is 0 Å². The van der Waals surface area contributed by atoms with Crippen LogP contribution in [0, 0.1) is 0 Å². The Morgan fingerprint density at radius 1 is 0.317 bits per heavy atom. The van der Waals surface area contributed by atoms with Crippen LogP contribution in [0.5, 0.6) is 0 Å². The first-order chi connectivity index (χ1) is 20.3. The Labute approximate surface area is 238 Å². The zero-order valence-corrected chi connectivity index (χ0v) is 22.4. The zero-order valence-electron chi connectivity index (χ0n) is 22.4. The van der Waals surface area contributed by atoms with Crippen molar-refractivity contribution in [2.75, 3.05) is 0 Å². The summed E-state index contributed by atoms with van der Waals surface area (Å²) in [6.45, 7) is 0. The number of hydrogen-bond acceptors (Lipinski definition) is 0. The average molecular weight is 520 g/mol. The molecule has 1 aliphatic carbocycles. The van der Waals surface area contributed by atoms with E-state index >= 15 is 0 Å². The Hall–Kier alpha value is -5.40. The summed E-state index contributed by atoms with van der Waals surface area (Å²) in [6, 6.07) is 55.4. The van der Waals surface area contributed by atoms with Crippen LogP contribution < -0.4 is 0 Å². The quantitative estimate of drug-likeness (QED) is 0.219. The van der Waals surface area contributed by atoms with Crippen molar-refractivity contribution in [2.45, 2.75) is 0 Å². The summed E-state index contributed by atoms with van der Waals surface area (Å²) in [5, 5.41) is 5.24. The van der Waals surface area contributed by atoms with Crippen LogP contribution in [0.3, 0.4) is 0 Å². The van der Waals surface area contributed by atoms with Gasteiger partial charge in [0, 0.05) is 16.5 Å². The molecule has 1 heterocycles. The zero-order chi connectivity index (χ0) is 26.9. The maximum Gasteiger partial charge on any atom is 0.0541 e. The second-order valence-electron chi connectivity index (χ2n) is 10.9. The highest BCUT2D eigenvalue weighted by atomic mass is 15.0. The molecule has 0 radical (unpaired) electrons. The lowest BCUT2D eigenvalue weighted by Gasteiger charge is -2.11. The second-order valence-corrected chi connectivity index (χ2v) is 10.9. The molecule has 1 aliphatic rings. The van der Waals surface area contributed by atoms with E-state index in [1.165, 1.54) is 82.8 Å². The number of benzene rings is 7. The van der Waals surface area contributed by atoms with Crippen LogP contribution in [0.25, 0.3) is 82.8 Å². The highest BCUT2D eigenvalue weighted by Gasteiger charge is 2.22. The molecule has 0 spiro atoms. The lowest BCUT2D eigenvalue weighted by molar-refractivity contribution is 1.18. The van der Waals surface area contributed by atoms with Gasteiger partial charge in [0.2, 0.25) is 0 Å². The molecular formula is C40H25N. The lowest BCUT2D eigenvalue weighted by Crippen LogP contribution is -1.92. The fraction of sp³-hybridized carbons (Fsp3) is 0. The number of fused-ring (bicyclic) bond motifs is 6. The minimum Gasteiger partial charge on any atom is -0.309 e. The first-order valence-electron chi connectivity index (χ1n) is 14.2. The number of hydrogen-bond donors (Lipinski definition) is 0. The second kappa shape index (κ2) is 8.55. The molecule has 1 aromatic heterocycles. The molecule has 0 amide bonds. The lowest BCUT2D eigenvalue weighted by atomic mass is 9.93. The third kappa shape index (κ3) is 3.24. The SMILES string of the molecule is c1ccc(-n2c3ccccc3c3cc(-c4ccc(-c5ccc6c7c(cccc57)-c5ccccc5-6)cc4)ccc32)cc1. The molecule has 0 aliphatic heterocycles. The average Bonchev–Trinajstić information content (AvgIpc) is 3.56. The van der Waals surface area contributed by atoms with E-state index in [0.29, 0.717) is 0 Å². The summed E-state index contributed by atoms with van der Waals surface area (Å²) in [6.07, 6.45) is 0. The van der Waals surface area contributed by atoms with Crippen molar-refractivity contribution in [1.29, 1.82) is 0 Å². The maximum absolute atomic E-state index is 2.37. The summed E-state index contributed by atoms with van der Waals surface area (Å²) in [5.74, 6) is 0. The molecule has 0 atom stereocenters. The smallest absolute Gasteiger partial charge is 0.0541 e. The van der Waals surface area contributed by atoms with Gasteiger partial charge >= 0.3 is 0 Å². The largest absolute Gasteiger partial charge is 0.309 e. The van der Waals surface area contributed by atoms with Gasteiger partial charge in [-0.25, -0.2) is 0 Å². The van der Waals surface area contributed by atoms with Crippen molar-refractivity contribution in [3.8, 4) is 50.2 Å². The molecule has 1 nitrogen and oxygen atoms in total. The van der Waals surface area contributed by atoms with E-state index in [1.807, 2.05) is 0 Å². The van der Waals surface area contributed by atoms with Gasteiger partial charge in [0.1, 0.15) is 0 Å². The first-order valence-corrected chi connectivity index (χ1v) is 14.2. The summed E-state index contributed by atoms with van der Waals surface area (Å²) in [4.78, 5) is 0. The Balaban J connectivity index is 1.15. The maximum atomic E-state index is 2.37. The van der Waals surface area contributed by atoms with Crippen LogP contribution in [0.2, 0.25) is 0 Å². The predicted octanol–water partition coefficient (Wildman–Crippen LogP) is 10.9. The molecule has 0 N–H and O–H groups in total. The van der Waals surface area contributed by atoms with Crippen LogP contribution in [0.1, 0.15) is 0 Å². The molecule has 0 unspecified atom stereocenters. The van der Waals surface area contributed by atoms with E-state index < -0.39 is 0 Å². The fourth-order valence-electron chi connectivity index (χ4n) is 6.91. The monoisotopic (exact) mass is 519 g/mol. The molecule has 8 aromatic rings. The highest BCUT2D eigenvalue weighted by molar-refractivity contribution is 6.18. The van der Waals surface area contributed by atoms with Crippen molar-refractivity contribution >= 4 is 32.6 Å². The van der Waals surface area contributed by atoms with E-state index in [4.69, 9.17) is 0 Å². The van der Waals surface area contributed by atoms with Gasteiger partial charge < -0.3 is 4.57 Å². The van der Waals surface area contributed by atoms with Crippen molar-refractivity contribution in [3.05, 3.63) is 152 Å². The number of aromatic nitrogens is 1. The van der Waals surface area contributed by atoms with Gasteiger partial charge in [-0.3, -0.25) is 0 Å². The molecule has 190 valence electrons. The summed E-state index contributed by atoms with van der Waals surface area (Å²) >= 11 is 0. The van der Waals surface area contributed by atoms with Crippen LogP contribution >= 0.6 is 0 Å². The Bertz CT molecular complexity index is 2260. The van der Waals surface area contributed by atoms with Gasteiger partial charge in [-0.15, -0.1) is 0 Å². The summed E-state index contributed by atoms with van der Waals surface area (Å²) in [7, 11) is 0. The molecule has 0 bridgehead atoms. The number of rotatable bonds is 3. The van der Waals surface area contributed by atoms with Crippen LogP contribution in [-0.2, 0) is 0 Å². The normalized spacial score (nSPS) is 11.9. The van der Waals surface area contributed by atoms with Gasteiger partial charge in [0.25, 0.3) is 0 Å². The number of para-hydroxylation sites is 2. The van der Waals surface area contributed by atoms with E-state index in [-0.39, 0.29) is 0 Å². The number of nitrogens with zero attached hydrogens (tertiary/aromatic N) is 1. The molecule has 0 saturated carbocycles. The molecule has 0 saturated heterocycles. The van der Waals surface area contributed by atoms with Crippen molar-refractivity contribution in [3.63, 3.8) is 0 Å². The summed E-state index contributed by atoms with van der Waals surface area (Å²) in [5.41, 5.74) is 14.0. The van der Waals surface area contributed by atoms with Gasteiger partial charge in [0.05, 0.1) is 11.0 Å².